The highest BCUT2D eigenvalue weighted by molar-refractivity contribution is 5.20. The van der Waals surface area contributed by atoms with E-state index in [1.165, 1.54) is 31.5 Å². The van der Waals surface area contributed by atoms with Gasteiger partial charge in [0, 0.05) is 31.7 Å². The summed E-state index contributed by atoms with van der Waals surface area (Å²) < 4.78 is 0. The number of rotatable bonds is 2. The predicted molar refractivity (Wildman–Crippen MR) is 80.1 cm³/mol. The van der Waals surface area contributed by atoms with Gasteiger partial charge in [0.2, 0.25) is 0 Å². The molecular formula is C17H26N2. The molecule has 0 aromatic heterocycles. The van der Waals surface area contributed by atoms with Gasteiger partial charge in [0.1, 0.15) is 0 Å². The van der Waals surface area contributed by atoms with E-state index in [2.05, 4.69) is 54.4 Å². The SMILES string of the molecule is CC1CCC(N2CCNC(c3ccccc3)C2)C1C. The summed E-state index contributed by atoms with van der Waals surface area (Å²) in [5, 5.41) is 3.67. The fraction of sp³-hybridized carbons (Fsp3) is 0.647. The molecule has 1 N–H and O–H groups in total. The fourth-order valence-corrected chi connectivity index (χ4v) is 3.84. The predicted octanol–water partition coefficient (Wildman–Crippen LogP) is 3.07. The number of benzene rings is 1. The number of hydrogen-bond acceptors (Lipinski definition) is 2. The smallest absolute Gasteiger partial charge is 0.0449 e. The Balaban J connectivity index is 1.68. The lowest BCUT2D eigenvalue weighted by atomic mass is 9.95. The lowest BCUT2D eigenvalue weighted by Gasteiger charge is -2.39. The van der Waals surface area contributed by atoms with Crippen molar-refractivity contribution in [1.82, 2.24) is 10.2 Å². The van der Waals surface area contributed by atoms with E-state index in [0.717, 1.165) is 24.4 Å². The van der Waals surface area contributed by atoms with Crippen LogP contribution >= 0.6 is 0 Å². The Morgan fingerprint density at radius 2 is 1.89 bits per heavy atom. The first-order valence-corrected chi connectivity index (χ1v) is 7.78. The highest BCUT2D eigenvalue weighted by atomic mass is 15.2. The molecule has 1 saturated carbocycles. The van der Waals surface area contributed by atoms with Crippen LogP contribution in [0, 0.1) is 11.8 Å². The van der Waals surface area contributed by atoms with Crippen molar-refractivity contribution in [2.45, 2.75) is 38.8 Å². The Kier molecular flexibility index (Phi) is 3.90. The third kappa shape index (κ3) is 2.70. The molecule has 1 aliphatic heterocycles. The van der Waals surface area contributed by atoms with E-state index in [9.17, 15) is 0 Å². The molecule has 0 amide bonds. The van der Waals surface area contributed by atoms with Crippen LogP contribution in [0.2, 0.25) is 0 Å². The first-order valence-electron chi connectivity index (χ1n) is 7.78. The highest BCUT2D eigenvalue weighted by Crippen LogP contribution is 2.35. The van der Waals surface area contributed by atoms with Gasteiger partial charge in [-0.05, 0) is 30.2 Å². The van der Waals surface area contributed by atoms with Crippen LogP contribution in [0.15, 0.2) is 30.3 Å². The molecule has 2 nitrogen and oxygen atoms in total. The second-order valence-electron chi connectivity index (χ2n) is 6.39. The molecule has 4 unspecified atom stereocenters. The summed E-state index contributed by atoms with van der Waals surface area (Å²) in [7, 11) is 0. The summed E-state index contributed by atoms with van der Waals surface area (Å²) in [5.74, 6) is 1.75. The van der Waals surface area contributed by atoms with Gasteiger partial charge >= 0.3 is 0 Å². The van der Waals surface area contributed by atoms with Crippen LogP contribution in [-0.2, 0) is 0 Å². The van der Waals surface area contributed by atoms with Gasteiger partial charge in [-0.1, -0.05) is 44.2 Å². The summed E-state index contributed by atoms with van der Waals surface area (Å²) in [4.78, 5) is 2.74. The Bertz CT molecular complexity index is 403. The highest BCUT2D eigenvalue weighted by Gasteiger charge is 2.35. The molecule has 0 bridgehead atoms. The molecule has 19 heavy (non-hydrogen) atoms. The van der Waals surface area contributed by atoms with E-state index in [-0.39, 0.29) is 0 Å². The van der Waals surface area contributed by atoms with E-state index >= 15 is 0 Å². The summed E-state index contributed by atoms with van der Waals surface area (Å²) in [5.41, 5.74) is 1.44. The third-order valence-corrected chi connectivity index (χ3v) is 5.30. The summed E-state index contributed by atoms with van der Waals surface area (Å²) in [6, 6.07) is 12.2. The molecule has 1 aromatic rings. The first-order chi connectivity index (χ1) is 9.25. The van der Waals surface area contributed by atoms with Crippen LogP contribution in [0.5, 0.6) is 0 Å². The van der Waals surface area contributed by atoms with Crippen LogP contribution in [0.25, 0.3) is 0 Å². The summed E-state index contributed by atoms with van der Waals surface area (Å²) in [6.45, 7) is 8.37. The second kappa shape index (κ2) is 5.64. The molecule has 1 aliphatic carbocycles. The van der Waals surface area contributed by atoms with E-state index in [1.54, 1.807) is 0 Å². The number of piperazine rings is 1. The topological polar surface area (TPSA) is 15.3 Å². The molecule has 3 rings (SSSR count). The van der Waals surface area contributed by atoms with Crippen LogP contribution in [0.4, 0.5) is 0 Å². The maximum atomic E-state index is 3.67. The lowest BCUT2D eigenvalue weighted by Crippen LogP contribution is -2.51. The molecule has 1 aromatic carbocycles. The van der Waals surface area contributed by atoms with Crippen molar-refractivity contribution in [3.05, 3.63) is 35.9 Å². The van der Waals surface area contributed by atoms with Crippen molar-refractivity contribution < 1.29 is 0 Å². The monoisotopic (exact) mass is 258 g/mol. The van der Waals surface area contributed by atoms with Crippen LogP contribution < -0.4 is 5.32 Å². The average molecular weight is 258 g/mol. The molecule has 2 heteroatoms. The Morgan fingerprint density at radius 1 is 1.11 bits per heavy atom. The van der Waals surface area contributed by atoms with Crippen molar-refractivity contribution in [1.29, 1.82) is 0 Å². The number of nitrogens with zero attached hydrogens (tertiary/aromatic N) is 1. The van der Waals surface area contributed by atoms with Gasteiger partial charge in [-0.2, -0.15) is 0 Å². The van der Waals surface area contributed by atoms with Crippen LogP contribution in [0.3, 0.4) is 0 Å². The van der Waals surface area contributed by atoms with E-state index < -0.39 is 0 Å². The van der Waals surface area contributed by atoms with Crippen molar-refractivity contribution in [2.24, 2.45) is 11.8 Å². The normalized spacial score (nSPS) is 36.5. The van der Waals surface area contributed by atoms with Crippen LogP contribution in [0.1, 0.15) is 38.3 Å². The van der Waals surface area contributed by atoms with Crippen LogP contribution in [-0.4, -0.2) is 30.6 Å². The standard InChI is InChI=1S/C17H26N2/c1-13-8-9-17(14(13)2)19-11-10-18-16(12-19)15-6-4-3-5-7-15/h3-7,13-14,16-18H,8-12H2,1-2H3. The van der Waals surface area contributed by atoms with E-state index in [1.807, 2.05) is 0 Å². The van der Waals surface area contributed by atoms with Gasteiger partial charge in [-0.15, -0.1) is 0 Å². The number of hydrogen-bond donors (Lipinski definition) is 1. The Labute approximate surface area is 117 Å². The van der Waals surface area contributed by atoms with E-state index in [0.29, 0.717) is 6.04 Å². The molecule has 1 heterocycles. The second-order valence-corrected chi connectivity index (χ2v) is 6.39. The molecule has 0 spiro atoms. The third-order valence-electron chi connectivity index (χ3n) is 5.30. The zero-order valence-electron chi connectivity index (χ0n) is 12.2. The molecule has 104 valence electrons. The minimum absolute atomic E-state index is 0.512. The van der Waals surface area contributed by atoms with Gasteiger partial charge in [-0.25, -0.2) is 0 Å². The van der Waals surface area contributed by atoms with Crippen molar-refractivity contribution in [3.63, 3.8) is 0 Å². The quantitative estimate of drug-likeness (QED) is 0.877. The lowest BCUT2D eigenvalue weighted by molar-refractivity contribution is 0.115. The zero-order valence-corrected chi connectivity index (χ0v) is 12.2. The largest absolute Gasteiger partial charge is 0.308 e. The Morgan fingerprint density at radius 3 is 2.58 bits per heavy atom. The van der Waals surface area contributed by atoms with Gasteiger partial charge in [-0.3, -0.25) is 4.90 Å². The van der Waals surface area contributed by atoms with Gasteiger partial charge < -0.3 is 5.32 Å². The maximum absolute atomic E-state index is 3.67. The van der Waals surface area contributed by atoms with Gasteiger partial charge in [0.15, 0.2) is 0 Å². The summed E-state index contributed by atoms with van der Waals surface area (Å²) >= 11 is 0. The minimum Gasteiger partial charge on any atom is -0.308 e. The van der Waals surface area contributed by atoms with Crippen molar-refractivity contribution in [3.8, 4) is 0 Å². The fourth-order valence-electron chi connectivity index (χ4n) is 3.84. The van der Waals surface area contributed by atoms with Crippen molar-refractivity contribution in [2.75, 3.05) is 19.6 Å². The molecule has 4 atom stereocenters. The molecule has 0 radical (unpaired) electrons. The summed E-state index contributed by atoms with van der Waals surface area (Å²) in [6.07, 6.45) is 2.80. The molecule has 2 aliphatic rings. The van der Waals surface area contributed by atoms with Crippen molar-refractivity contribution >= 4 is 0 Å². The first kappa shape index (κ1) is 13.1. The van der Waals surface area contributed by atoms with Gasteiger partial charge in [0.25, 0.3) is 0 Å². The van der Waals surface area contributed by atoms with E-state index in [4.69, 9.17) is 0 Å². The zero-order chi connectivity index (χ0) is 13.2. The maximum Gasteiger partial charge on any atom is 0.0449 e. The molecule has 2 fully saturated rings. The Hall–Kier alpha value is -0.860. The average Bonchev–Trinajstić information content (AvgIpc) is 2.80. The molecular weight excluding hydrogens is 232 g/mol. The number of nitrogens with one attached hydrogen (secondary N) is 1. The molecule has 1 saturated heterocycles. The minimum atomic E-state index is 0.512. The van der Waals surface area contributed by atoms with Gasteiger partial charge in [0.05, 0.1) is 0 Å².